The third kappa shape index (κ3) is 2.55. The van der Waals surface area contributed by atoms with Crippen LogP contribution in [-0.4, -0.2) is 62.8 Å². The van der Waals surface area contributed by atoms with Crippen LogP contribution < -0.4 is 5.32 Å². The molecule has 7 nitrogen and oxygen atoms in total. The Kier molecular flexibility index (Phi) is 3.67. The zero-order valence-electron chi connectivity index (χ0n) is 12.9. The Hall–Kier alpha value is -1.73. The number of hydrogen-bond donors (Lipinski definition) is 1. The number of imidazole rings is 1. The van der Waals surface area contributed by atoms with E-state index >= 15 is 0 Å². The van der Waals surface area contributed by atoms with Crippen LogP contribution in [0.25, 0.3) is 11.2 Å². The fraction of sp³-hybridized carbons (Fsp3) is 0.667. The maximum absolute atomic E-state index is 5.71. The highest BCUT2D eigenvalue weighted by atomic mass is 16.5. The van der Waals surface area contributed by atoms with Crippen LogP contribution in [0.4, 0.5) is 5.95 Å². The molecule has 2 fully saturated rings. The lowest BCUT2D eigenvalue weighted by atomic mass is 10.1. The van der Waals surface area contributed by atoms with Crippen molar-refractivity contribution in [3.8, 4) is 0 Å². The van der Waals surface area contributed by atoms with Crippen LogP contribution in [0.3, 0.4) is 0 Å². The Morgan fingerprint density at radius 3 is 2.91 bits per heavy atom. The van der Waals surface area contributed by atoms with Crippen LogP contribution in [0.5, 0.6) is 0 Å². The van der Waals surface area contributed by atoms with Gasteiger partial charge in [-0.1, -0.05) is 6.42 Å². The molecule has 22 heavy (non-hydrogen) atoms. The normalized spacial score (nSPS) is 26.6. The summed E-state index contributed by atoms with van der Waals surface area (Å²) in [5, 5.41) is 3.45. The fourth-order valence-electron chi connectivity index (χ4n) is 3.44. The molecule has 2 aliphatic rings. The molecular weight excluding hydrogens is 280 g/mol. The Labute approximate surface area is 129 Å². The van der Waals surface area contributed by atoms with Crippen molar-refractivity contribution in [2.24, 2.45) is 7.05 Å². The fourth-order valence-corrected chi connectivity index (χ4v) is 3.44. The number of aryl methyl sites for hydroxylation is 1. The molecule has 2 aliphatic heterocycles. The molecule has 2 aromatic heterocycles. The Morgan fingerprint density at radius 2 is 2.05 bits per heavy atom. The van der Waals surface area contributed by atoms with Crippen molar-refractivity contribution in [3.63, 3.8) is 0 Å². The van der Waals surface area contributed by atoms with E-state index in [0.717, 1.165) is 17.8 Å². The lowest BCUT2D eigenvalue weighted by molar-refractivity contribution is 0.127. The van der Waals surface area contributed by atoms with Gasteiger partial charge in [0.15, 0.2) is 5.65 Å². The lowest BCUT2D eigenvalue weighted by Crippen LogP contribution is -2.48. The highest BCUT2D eigenvalue weighted by Crippen LogP contribution is 2.21. The second-order valence-electron chi connectivity index (χ2n) is 6.21. The lowest BCUT2D eigenvalue weighted by Gasteiger charge is -2.34. The standard InChI is InChI=1S/C15H22N6O/c1-20-10-17-14-12(20)7-16-15(19-14)18-11-8-22-9-13(11)21-5-3-2-4-6-21/h7,10-11,13H,2-6,8-9H2,1H3,(H,16,18,19)/t11-,13-/m0/s1. The zero-order valence-corrected chi connectivity index (χ0v) is 12.9. The van der Waals surface area contributed by atoms with E-state index in [4.69, 9.17) is 4.74 Å². The molecule has 0 unspecified atom stereocenters. The van der Waals surface area contributed by atoms with Gasteiger partial charge in [-0.25, -0.2) is 9.97 Å². The van der Waals surface area contributed by atoms with Crippen LogP contribution in [-0.2, 0) is 11.8 Å². The van der Waals surface area contributed by atoms with Crippen molar-refractivity contribution in [1.82, 2.24) is 24.4 Å². The predicted molar refractivity (Wildman–Crippen MR) is 83.7 cm³/mol. The molecule has 2 aromatic rings. The van der Waals surface area contributed by atoms with Gasteiger partial charge in [0.1, 0.15) is 5.52 Å². The van der Waals surface area contributed by atoms with Crippen molar-refractivity contribution >= 4 is 17.1 Å². The van der Waals surface area contributed by atoms with Gasteiger partial charge in [-0.05, 0) is 25.9 Å². The summed E-state index contributed by atoms with van der Waals surface area (Å²) in [5.74, 6) is 0.642. The summed E-state index contributed by atoms with van der Waals surface area (Å²) in [5.41, 5.74) is 1.68. The molecule has 0 aromatic carbocycles. The number of piperidine rings is 1. The summed E-state index contributed by atoms with van der Waals surface area (Å²) in [6.07, 6.45) is 7.52. The number of aromatic nitrogens is 4. The maximum atomic E-state index is 5.71. The Bertz CT molecular complexity index is 651. The van der Waals surface area contributed by atoms with Gasteiger partial charge in [0.2, 0.25) is 5.95 Å². The molecule has 0 radical (unpaired) electrons. The van der Waals surface area contributed by atoms with E-state index in [1.54, 1.807) is 6.33 Å². The zero-order chi connectivity index (χ0) is 14.9. The summed E-state index contributed by atoms with van der Waals surface area (Å²) >= 11 is 0. The number of ether oxygens (including phenoxy) is 1. The van der Waals surface area contributed by atoms with Gasteiger partial charge in [-0.2, -0.15) is 4.98 Å². The number of hydrogen-bond acceptors (Lipinski definition) is 6. The number of nitrogens with zero attached hydrogens (tertiary/aromatic N) is 5. The van der Waals surface area contributed by atoms with E-state index in [2.05, 4.69) is 25.2 Å². The number of fused-ring (bicyclic) bond motifs is 1. The second kappa shape index (κ2) is 5.81. The summed E-state index contributed by atoms with van der Waals surface area (Å²) in [7, 11) is 1.95. The first kappa shape index (κ1) is 13.9. The molecule has 0 bridgehead atoms. The summed E-state index contributed by atoms with van der Waals surface area (Å²) in [6, 6.07) is 0.669. The van der Waals surface area contributed by atoms with Crippen LogP contribution in [0.15, 0.2) is 12.5 Å². The van der Waals surface area contributed by atoms with E-state index < -0.39 is 0 Å². The smallest absolute Gasteiger partial charge is 0.225 e. The van der Waals surface area contributed by atoms with Gasteiger partial charge in [0.05, 0.1) is 37.8 Å². The van der Waals surface area contributed by atoms with Crippen molar-refractivity contribution in [2.45, 2.75) is 31.3 Å². The van der Waals surface area contributed by atoms with Gasteiger partial charge in [0, 0.05) is 7.05 Å². The van der Waals surface area contributed by atoms with Gasteiger partial charge in [-0.15, -0.1) is 0 Å². The highest BCUT2D eigenvalue weighted by molar-refractivity contribution is 5.70. The number of anilines is 1. The molecule has 2 atom stereocenters. The molecular formula is C15H22N6O. The molecule has 4 heterocycles. The number of nitrogens with one attached hydrogen (secondary N) is 1. The predicted octanol–water partition coefficient (Wildman–Crippen LogP) is 1.03. The molecule has 4 rings (SSSR count). The Morgan fingerprint density at radius 1 is 1.18 bits per heavy atom. The summed E-state index contributed by atoms with van der Waals surface area (Å²) in [6.45, 7) is 3.85. The third-order valence-corrected chi connectivity index (χ3v) is 4.71. The highest BCUT2D eigenvalue weighted by Gasteiger charge is 2.34. The quantitative estimate of drug-likeness (QED) is 0.913. The van der Waals surface area contributed by atoms with E-state index in [9.17, 15) is 0 Å². The van der Waals surface area contributed by atoms with Crippen LogP contribution in [0.1, 0.15) is 19.3 Å². The van der Waals surface area contributed by atoms with Gasteiger partial charge < -0.3 is 14.6 Å². The topological polar surface area (TPSA) is 68.1 Å². The minimum absolute atomic E-state index is 0.249. The van der Waals surface area contributed by atoms with E-state index in [1.807, 2.05) is 17.8 Å². The number of rotatable bonds is 3. The molecule has 1 N–H and O–H groups in total. The first-order valence-electron chi connectivity index (χ1n) is 8.04. The molecule has 0 spiro atoms. The van der Waals surface area contributed by atoms with Crippen LogP contribution >= 0.6 is 0 Å². The minimum Gasteiger partial charge on any atom is -0.378 e. The number of likely N-dealkylation sites (tertiary alicyclic amines) is 1. The van der Waals surface area contributed by atoms with Gasteiger partial charge >= 0.3 is 0 Å². The van der Waals surface area contributed by atoms with E-state index in [0.29, 0.717) is 18.6 Å². The molecule has 0 amide bonds. The van der Waals surface area contributed by atoms with E-state index in [1.165, 1.54) is 32.4 Å². The van der Waals surface area contributed by atoms with E-state index in [-0.39, 0.29) is 6.04 Å². The maximum Gasteiger partial charge on any atom is 0.225 e. The van der Waals surface area contributed by atoms with Crippen molar-refractivity contribution < 1.29 is 4.74 Å². The molecule has 118 valence electrons. The van der Waals surface area contributed by atoms with Gasteiger partial charge in [-0.3, -0.25) is 4.90 Å². The van der Waals surface area contributed by atoms with Crippen LogP contribution in [0.2, 0.25) is 0 Å². The average Bonchev–Trinajstić information content (AvgIpc) is 3.15. The molecule has 2 saturated heterocycles. The molecule has 0 saturated carbocycles. The minimum atomic E-state index is 0.249. The summed E-state index contributed by atoms with van der Waals surface area (Å²) in [4.78, 5) is 15.8. The first-order valence-corrected chi connectivity index (χ1v) is 8.04. The third-order valence-electron chi connectivity index (χ3n) is 4.71. The average molecular weight is 302 g/mol. The molecule has 0 aliphatic carbocycles. The summed E-state index contributed by atoms with van der Waals surface area (Å²) < 4.78 is 7.63. The first-order chi connectivity index (χ1) is 10.8. The monoisotopic (exact) mass is 302 g/mol. The van der Waals surface area contributed by atoms with Crippen molar-refractivity contribution in [3.05, 3.63) is 12.5 Å². The van der Waals surface area contributed by atoms with Crippen LogP contribution in [0, 0.1) is 0 Å². The van der Waals surface area contributed by atoms with Crippen molar-refractivity contribution in [2.75, 3.05) is 31.6 Å². The largest absolute Gasteiger partial charge is 0.378 e. The SMILES string of the molecule is Cn1cnc2nc(N[C@H]3COC[C@@H]3N3CCCCC3)ncc21. The van der Waals surface area contributed by atoms with Gasteiger partial charge in [0.25, 0.3) is 0 Å². The second-order valence-corrected chi connectivity index (χ2v) is 6.21. The Balaban J connectivity index is 1.50. The van der Waals surface area contributed by atoms with Crippen molar-refractivity contribution in [1.29, 1.82) is 0 Å². The molecule has 7 heteroatoms.